The fourth-order valence-corrected chi connectivity index (χ4v) is 1.90. The van der Waals surface area contributed by atoms with Gasteiger partial charge in [-0.05, 0) is 22.0 Å². The lowest BCUT2D eigenvalue weighted by Crippen LogP contribution is -2.27. The van der Waals surface area contributed by atoms with E-state index in [-0.39, 0.29) is 12.5 Å². The zero-order chi connectivity index (χ0) is 10.1. The minimum absolute atomic E-state index is 0.0130. The number of carbonyl (C=O) groups excluding carboxylic acids is 1. The third kappa shape index (κ3) is 1.53. The Balaban J connectivity index is 2.31. The van der Waals surface area contributed by atoms with Gasteiger partial charge in [-0.25, -0.2) is 4.98 Å². The lowest BCUT2D eigenvalue weighted by Gasteiger charge is -2.12. The zero-order valence-electron chi connectivity index (χ0n) is 7.40. The van der Waals surface area contributed by atoms with Crippen molar-refractivity contribution in [2.45, 2.75) is 6.54 Å². The molecule has 4 nitrogen and oxygen atoms in total. The van der Waals surface area contributed by atoms with Gasteiger partial charge in [0.1, 0.15) is 5.69 Å². The van der Waals surface area contributed by atoms with Crippen LogP contribution in [0.5, 0.6) is 0 Å². The molecule has 0 aromatic carbocycles. The molecular weight excluding hydrogens is 248 g/mol. The van der Waals surface area contributed by atoms with E-state index in [1.54, 1.807) is 11.1 Å². The van der Waals surface area contributed by atoms with E-state index in [2.05, 4.69) is 20.9 Å². The number of aliphatic hydroxyl groups excluding tert-OH is 1. The molecular formula is C9H9BrN2O2. The van der Waals surface area contributed by atoms with Crippen molar-refractivity contribution in [1.82, 2.24) is 9.88 Å². The lowest BCUT2D eigenvalue weighted by atomic mass is 10.2. The number of aliphatic hydroxyl groups is 1. The van der Waals surface area contributed by atoms with Gasteiger partial charge in [0.2, 0.25) is 0 Å². The van der Waals surface area contributed by atoms with Crippen molar-refractivity contribution in [2.75, 3.05) is 13.2 Å². The van der Waals surface area contributed by atoms with Crippen LogP contribution >= 0.6 is 15.9 Å². The van der Waals surface area contributed by atoms with Crippen LogP contribution in [0.3, 0.4) is 0 Å². The Bertz CT molecular complexity index is 381. The van der Waals surface area contributed by atoms with Crippen molar-refractivity contribution in [3.05, 3.63) is 28.0 Å². The number of nitrogens with zero attached hydrogens (tertiary/aromatic N) is 2. The second-order valence-electron chi connectivity index (χ2n) is 3.11. The zero-order valence-corrected chi connectivity index (χ0v) is 8.99. The molecule has 0 aliphatic carbocycles. The molecule has 0 unspecified atom stereocenters. The van der Waals surface area contributed by atoms with E-state index < -0.39 is 0 Å². The Hall–Kier alpha value is -0.940. The topological polar surface area (TPSA) is 53.4 Å². The number of hydrogen-bond acceptors (Lipinski definition) is 3. The molecule has 0 fully saturated rings. The predicted octanol–water partition coefficient (Wildman–Crippen LogP) is 0.792. The largest absolute Gasteiger partial charge is 0.395 e. The highest BCUT2D eigenvalue weighted by Gasteiger charge is 2.28. The Morgan fingerprint density at radius 1 is 1.64 bits per heavy atom. The van der Waals surface area contributed by atoms with Gasteiger partial charge in [-0.15, -0.1) is 0 Å². The maximum absolute atomic E-state index is 11.6. The number of aromatic nitrogens is 1. The number of β-amino-alcohol motifs (C(OH)–C–C–N with tert-alkyl or cyclic N) is 1. The maximum atomic E-state index is 11.6. The number of halogens is 1. The molecule has 5 heteroatoms. The number of carbonyl (C=O) groups is 1. The molecule has 14 heavy (non-hydrogen) atoms. The molecule has 2 rings (SSSR count). The summed E-state index contributed by atoms with van der Waals surface area (Å²) in [7, 11) is 0. The molecule has 1 amide bonds. The van der Waals surface area contributed by atoms with Crippen LogP contribution in [0.25, 0.3) is 0 Å². The van der Waals surface area contributed by atoms with E-state index in [9.17, 15) is 4.79 Å². The quantitative estimate of drug-likeness (QED) is 0.852. The highest BCUT2D eigenvalue weighted by Crippen LogP contribution is 2.23. The SMILES string of the molecule is O=C1c2ncc(Br)cc2CN1CCO. The number of hydrogen-bond donors (Lipinski definition) is 1. The Labute approximate surface area is 89.7 Å². The first kappa shape index (κ1) is 9.61. The summed E-state index contributed by atoms with van der Waals surface area (Å²) in [6.07, 6.45) is 1.61. The summed E-state index contributed by atoms with van der Waals surface area (Å²) < 4.78 is 0.870. The van der Waals surface area contributed by atoms with Crippen LogP contribution in [-0.2, 0) is 6.54 Å². The first-order chi connectivity index (χ1) is 6.72. The van der Waals surface area contributed by atoms with Crippen molar-refractivity contribution >= 4 is 21.8 Å². The summed E-state index contributed by atoms with van der Waals surface area (Å²) in [5.74, 6) is -0.0958. The van der Waals surface area contributed by atoms with Crippen LogP contribution in [0.1, 0.15) is 16.1 Å². The second-order valence-corrected chi connectivity index (χ2v) is 4.03. The third-order valence-electron chi connectivity index (χ3n) is 2.15. The molecule has 0 saturated carbocycles. The van der Waals surface area contributed by atoms with E-state index >= 15 is 0 Å². The average Bonchev–Trinajstić information content (AvgIpc) is 2.44. The molecule has 0 atom stereocenters. The summed E-state index contributed by atoms with van der Waals surface area (Å²) in [6, 6.07) is 1.89. The van der Waals surface area contributed by atoms with Crippen molar-refractivity contribution in [3.63, 3.8) is 0 Å². The molecule has 1 aliphatic heterocycles. The molecule has 1 aromatic rings. The van der Waals surface area contributed by atoms with Crippen LogP contribution < -0.4 is 0 Å². The maximum Gasteiger partial charge on any atom is 0.273 e. The van der Waals surface area contributed by atoms with Crippen LogP contribution in [0.15, 0.2) is 16.7 Å². The van der Waals surface area contributed by atoms with Crippen LogP contribution in [-0.4, -0.2) is 34.0 Å². The normalized spacial score (nSPS) is 14.7. The molecule has 0 bridgehead atoms. The molecule has 0 saturated heterocycles. The Morgan fingerprint density at radius 2 is 2.43 bits per heavy atom. The summed E-state index contributed by atoms with van der Waals surface area (Å²) in [5.41, 5.74) is 1.42. The molecule has 74 valence electrons. The van der Waals surface area contributed by atoms with Gasteiger partial charge in [0.05, 0.1) is 6.61 Å². The van der Waals surface area contributed by atoms with Crippen molar-refractivity contribution in [1.29, 1.82) is 0 Å². The molecule has 1 N–H and O–H groups in total. The number of rotatable bonds is 2. The first-order valence-electron chi connectivity index (χ1n) is 4.27. The van der Waals surface area contributed by atoms with Gasteiger partial charge in [-0.2, -0.15) is 0 Å². The van der Waals surface area contributed by atoms with Gasteiger partial charge >= 0.3 is 0 Å². The van der Waals surface area contributed by atoms with Crippen LogP contribution in [0, 0.1) is 0 Å². The third-order valence-corrected chi connectivity index (χ3v) is 2.59. The van der Waals surface area contributed by atoms with E-state index in [1.165, 1.54) is 0 Å². The first-order valence-corrected chi connectivity index (χ1v) is 5.06. The molecule has 0 radical (unpaired) electrons. The number of pyridine rings is 1. The molecule has 2 heterocycles. The predicted molar refractivity (Wildman–Crippen MR) is 53.8 cm³/mol. The van der Waals surface area contributed by atoms with E-state index in [0.717, 1.165) is 10.0 Å². The minimum atomic E-state index is -0.0958. The fraction of sp³-hybridized carbons (Fsp3) is 0.333. The lowest BCUT2D eigenvalue weighted by molar-refractivity contribution is 0.0741. The smallest absolute Gasteiger partial charge is 0.273 e. The summed E-state index contributed by atoms with van der Waals surface area (Å²) in [4.78, 5) is 17.3. The van der Waals surface area contributed by atoms with Crippen LogP contribution in [0.4, 0.5) is 0 Å². The highest BCUT2D eigenvalue weighted by molar-refractivity contribution is 9.10. The van der Waals surface area contributed by atoms with Crippen molar-refractivity contribution in [3.8, 4) is 0 Å². The van der Waals surface area contributed by atoms with Gasteiger partial charge in [-0.3, -0.25) is 4.79 Å². The summed E-state index contributed by atoms with van der Waals surface area (Å²) >= 11 is 3.30. The van der Waals surface area contributed by atoms with Gasteiger partial charge in [0.15, 0.2) is 0 Å². The minimum Gasteiger partial charge on any atom is -0.395 e. The summed E-state index contributed by atoms with van der Waals surface area (Å²) in [6.45, 7) is 0.898. The Kier molecular flexibility index (Phi) is 2.52. The van der Waals surface area contributed by atoms with Crippen molar-refractivity contribution < 1.29 is 9.90 Å². The second kappa shape index (κ2) is 3.67. The van der Waals surface area contributed by atoms with E-state index in [1.807, 2.05) is 6.07 Å². The standard InChI is InChI=1S/C9H9BrN2O2/c10-7-3-6-5-12(1-2-13)9(14)8(6)11-4-7/h3-4,13H,1-2,5H2. The van der Waals surface area contributed by atoms with Crippen molar-refractivity contribution in [2.24, 2.45) is 0 Å². The van der Waals surface area contributed by atoms with E-state index in [4.69, 9.17) is 5.11 Å². The summed E-state index contributed by atoms with van der Waals surface area (Å²) in [5, 5.41) is 8.75. The monoisotopic (exact) mass is 256 g/mol. The van der Waals surface area contributed by atoms with Crippen LogP contribution in [0.2, 0.25) is 0 Å². The number of fused-ring (bicyclic) bond motifs is 1. The van der Waals surface area contributed by atoms with Gasteiger partial charge in [0, 0.05) is 29.3 Å². The van der Waals surface area contributed by atoms with E-state index in [0.29, 0.717) is 18.8 Å². The molecule has 1 aromatic heterocycles. The van der Waals surface area contributed by atoms with Gasteiger partial charge in [0.25, 0.3) is 5.91 Å². The molecule has 1 aliphatic rings. The number of amides is 1. The average molecular weight is 257 g/mol. The Morgan fingerprint density at radius 3 is 3.14 bits per heavy atom. The molecule has 0 spiro atoms. The highest BCUT2D eigenvalue weighted by atomic mass is 79.9. The van der Waals surface area contributed by atoms with Gasteiger partial charge < -0.3 is 10.0 Å². The van der Waals surface area contributed by atoms with Gasteiger partial charge in [-0.1, -0.05) is 0 Å². The fourth-order valence-electron chi connectivity index (χ4n) is 1.52.